The van der Waals surface area contributed by atoms with Crippen LogP contribution in [0.2, 0.25) is 0 Å². The molecule has 2 aromatic carbocycles. The number of carbonyl (C=O) groups is 1. The van der Waals surface area contributed by atoms with Crippen molar-refractivity contribution in [2.45, 2.75) is 38.7 Å². The van der Waals surface area contributed by atoms with E-state index in [-0.39, 0.29) is 18.7 Å². The zero-order chi connectivity index (χ0) is 22.5. The van der Waals surface area contributed by atoms with Gasteiger partial charge in [0.05, 0.1) is 19.3 Å². The Labute approximate surface area is 190 Å². The summed E-state index contributed by atoms with van der Waals surface area (Å²) in [4.78, 5) is 14.3. The Balaban J connectivity index is 1.56. The number of methoxy groups -OCH3 is 1. The van der Waals surface area contributed by atoms with Crippen LogP contribution in [0.4, 0.5) is 4.39 Å². The molecule has 1 heterocycles. The molecule has 1 fully saturated rings. The second-order valence-electron chi connectivity index (χ2n) is 8.86. The lowest BCUT2D eigenvalue weighted by Crippen LogP contribution is -2.26. The van der Waals surface area contributed by atoms with Crippen molar-refractivity contribution < 1.29 is 18.7 Å². The average Bonchev–Trinajstić information content (AvgIpc) is 3.19. The lowest BCUT2D eigenvalue weighted by atomic mass is 9.92. The molecule has 1 aliphatic heterocycles. The Hall–Kier alpha value is -2.66. The van der Waals surface area contributed by atoms with Crippen LogP contribution in [0, 0.1) is 5.92 Å². The van der Waals surface area contributed by atoms with Crippen LogP contribution in [-0.2, 0) is 11.2 Å². The minimum Gasteiger partial charge on any atom is -0.489 e. The molecule has 0 N–H and O–H groups in total. The van der Waals surface area contributed by atoms with E-state index in [1.807, 2.05) is 30.3 Å². The second kappa shape index (κ2) is 10.3. The predicted molar refractivity (Wildman–Crippen MR) is 125 cm³/mol. The van der Waals surface area contributed by atoms with Crippen molar-refractivity contribution in [3.8, 4) is 5.75 Å². The number of allylic oxidation sites excluding steroid dienone is 1. The van der Waals surface area contributed by atoms with Crippen molar-refractivity contribution in [1.82, 2.24) is 4.90 Å². The summed E-state index contributed by atoms with van der Waals surface area (Å²) in [5.74, 6) is 0.996. The summed E-state index contributed by atoms with van der Waals surface area (Å²) in [6.45, 7) is 4.58. The Morgan fingerprint density at radius 2 is 2.06 bits per heavy atom. The predicted octanol–water partition coefficient (Wildman–Crippen LogP) is 5.30. The largest absolute Gasteiger partial charge is 0.489 e. The fraction of sp³-hybridized carbons (Fsp3) is 0.444. The summed E-state index contributed by atoms with van der Waals surface area (Å²) < 4.78 is 23.7. The Morgan fingerprint density at radius 3 is 2.88 bits per heavy atom. The number of alkyl halides is 1. The second-order valence-corrected chi connectivity index (χ2v) is 8.86. The Bertz CT molecular complexity index is 987. The van der Waals surface area contributed by atoms with Gasteiger partial charge in [-0.3, -0.25) is 9.29 Å². The van der Waals surface area contributed by atoms with Gasteiger partial charge in [0.1, 0.15) is 11.9 Å². The van der Waals surface area contributed by atoms with Crippen LogP contribution in [0.1, 0.15) is 53.2 Å². The molecule has 4 rings (SSSR count). The number of ether oxygens (including phenoxy) is 2. The summed E-state index contributed by atoms with van der Waals surface area (Å²) >= 11 is 0. The Morgan fingerprint density at radius 1 is 1.19 bits per heavy atom. The fourth-order valence-electron chi connectivity index (χ4n) is 4.71. The molecule has 2 atom stereocenters. The maximum atomic E-state index is 12.5. The number of nitrogens with zero attached hydrogens (tertiary/aromatic N) is 1. The SMILES string of the molecule is COC(=O)c1ccc2c(c1)CCC(C)C=C2c1cccc(OC2CCN(CCCF)C2)c1. The van der Waals surface area contributed by atoms with E-state index < -0.39 is 0 Å². The molecule has 1 aliphatic carbocycles. The number of halogens is 1. The quantitative estimate of drug-likeness (QED) is 0.551. The summed E-state index contributed by atoms with van der Waals surface area (Å²) in [5.41, 5.74) is 5.24. The highest BCUT2D eigenvalue weighted by Crippen LogP contribution is 2.35. The molecule has 2 unspecified atom stereocenters. The van der Waals surface area contributed by atoms with Crippen LogP contribution in [0.15, 0.2) is 48.5 Å². The molecular weight excluding hydrogens is 405 g/mol. The molecule has 0 saturated carbocycles. The van der Waals surface area contributed by atoms with Crippen LogP contribution >= 0.6 is 0 Å². The van der Waals surface area contributed by atoms with E-state index in [9.17, 15) is 9.18 Å². The highest BCUT2D eigenvalue weighted by atomic mass is 19.1. The first kappa shape index (κ1) is 22.5. The van der Waals surface area contributed by atoms with Gasteiger partial charge in [-0.25, -0.2) is 4.79 Å². The zero-order valence-corrected chi connectivity index (χ0v) is 19.0. The first-order chi connectivity index (χ1) is 15.6. The number of rotatable bonds is 7. The van der Waals surface area contributed by atoms with E-state index in [1.54, 1.807) is 0 Å². The molecule has 0 spiro atoms. The summed E-state index contributed by atoms with van der Waals surface area (Å²) in [5, 5.41) is 0. The molecule has 0 aromatic heterocycles. The molecule has 5 heteroatoms. The standard InChI is InChI=1S/C27H32FNO3/c1-19-7-8-21-16-22(27(30)31-2)9-10-25(21)26(15-19)20-5-3-6-23(17-20)32-24-11-14-29(18-24)13-4-12-28/h3,5-6,9-10,15-17,19,24H,4,7-8,11-14,18H2,1-2H3. The van der Waals surface area contributed by atoms with E-state index in [1.165, 1.54) is 18.2 Å². The summed E-state index contributed by atoms with van der Waals surface area (Å²) in [6, 6.07) is 14.1. The third kappa shape index (κ3) is 5.21. The van der Waals surface area contributed by atoms with Gasteiger partial charge in [0.2, 0.25) is 0 Å². The molecule has 0 radical (unpaired) electrons. The summed E-state index contributed by atoms with van der Waals surface area (Å²) in [6.07, 6.45) is 5.99. The van der Waals surface area contributed by atoms with Gasteiger partial charge in [-0.1, -0.05) is 31.2 Å². The minimum atomic E-state index is -0.303. The van der Waals surface area contributed by atoms with Gasteiger partial charge < -0.3 is 9.47 Å². The topological polar surface area (TPSA) is 38.8 Å². The lowest BCUT2D eigenvalue weighted by Gasteiger charge is -2.18. The number of likely N-dealkylation sites (tertiary alicyclic amines) is 1. The van der Waals surface area contributed by atoms with Crippen molar-refractivity contribution in [2.75, 3.05) is 33.4 Å². The van der Waals surface area contributed by atoms with Gasteiger partial charge in [-0.15, -0.1) is 0 Å². The van der Waals surface area contributed by atoms with Crippen molar-refractivity contribution >= 4 is 11.5 Å². The van der Waals surface area contributed by atoms with E-state index in [4.69, 9.17) is 9.47 Å². The minimum absolute atomic E-state index is 0.141. The maximum Gasteiger partial charge on any atom is 0.337 e. The van der Waals surface area contributed by atoms with Gasteiger partial charge in [0.15, 0.2) is 0 Å². The number of hydrogen-bond donors (Lipinski definition) is 0. The average molecular weight is 438 g/mol. The fourth-order valence-corrected chi connectivity index (χ4v) is 4.71. The number of esters is 1. The van der Waals surface area contributed by atoms with Gasteiger partial charge in [-0.2, -0.15) is 0 Å². The molecule has 1 saturated heterocycles. The van der Waals surface area contributed by atoms with E-state index in [0.29, 0.717) is 17.9 Å². The van der Waals surface area contributed by atoms with E-state index >= 15 is 0 Å². The molecule has 32 heavy (non-hydrogen) atoms. The monoisotopic (exact) mass is 437 g/mol. The number of hydrogen-bond acceptors (Lipinski definition) is 4. The zero-order valence-electron chi connectivity index (χ0n) is 19.0. The molecule has 2 aromatic rings. The van der Waals surface area contributed by atoms with Crippen molar-refractivity contribution in [3.63, 3.8) is 0 Å². The smallest absolute Gasteiger partial charge is 0.337 e. The van der Waals surface area contributed by atoms with E-state index in [0.717, 1.165) is 55.8 Å². The van der Waals surface area contributed by atoms with Gasteiger partial charge in [-0.05, 0) is 78.1 Å². The third-order valence-electron chi connectivity index (χ3n) is 6.42. The number of fused-ring (bicyclic) bond motifs is 1. The number of carbonyl (C=O) groups excluding carboxylic acids is 1. The molecular formula is C27H32FNO3. The third-order valence-corrected chi connectivity index (χ3v) is 6.42. The number of aryl methyl sites for hydroxylation is 1. The lowest BCUT2D eigenvalue weighted by molar-refractivity contribution is 0.0600. The molecule has 4 nitrogen and oxygen atoms in total. The Kier molecular flexibility index (Phi) is 7.26. The van der Waals surface area contributed by atoms with Crippen LogP contribution in [0.25, 0.3) is 5.57 Å². The van der Waals surface area contributed by atoms with Crippen molar-refractivity contribution in [2.24, 2.45) is 5.92 Å². The molecule has 0 bridgehead atoms. The van der Waals surface area contributed by atoms with Crippen molar-refractivity contribution in [1.29, 1.82) is 0 Å². The first-order valence-corrected chi connectivity index (χ1v) is 11.6. The van der Waals surface area contributed by atoms with Gasteiger partial charge in [0.25, 0.3) is 0 Å². The molecule has 0 amide bonds. The van der Waals surface area contributed by atoms with Gasteiger partial charge in [0, 0.05) is 19.6 Å². The van der Waals surface area contributed by atoms with Crippen LogP contribution in [0.3, 0.4) is 0 Å². The summed E-state index contributed by atoms with van der Waals surface area (Å²) in [7, 11) is 1.41. The van der Waals surface area contributed by atoms with Gasteiger partial charge >= 0.3 is 5.97 Å². The number of benzene rings is 2. The highest BCUT2D eigenvalue weighted by Gasteiger charge is 2.24. The van der Waals surface area contributed by atoms with Crippen LogP contribution in [0.5, 0.6) is 5.75 Å². The van der Waals surface area contributed by atoms with Crippen molar-refractivity contribution in [3.05, 3.63) is 70.8 Å². The normalized spacial score (nSPS) is 20.9. The van der Waals surface area contributed by atoms with E-state index in [2.05, 4.69) is 30.0 Å². The maximum absolute atomic E-state index is 12.5. The van der Waals surface area contributed by atoms with Crippen LogP contribution in [-0.4, -0.2) is 50.4 Å². The molecule has 2 aliphatic rings. The first-order valence-electron chi connectivity index (χ1n) is 11.6. The van der Waals surface area contributed by atoms with Crippen LogP contribution < -0.4 is 4.74 Å². The highest BCUT2D eigenvalue weighted by molar-refractivity contribution is 5.91. The molecule has 170 valence electrons.